The van der Waals surface area contributed by atoms with Crippen LogP contribution in [0.25, 0.3) is 0 Å². The van der Waals surface area contributed by atoms with Gasteiger partial charge in [0.05, 0.1) is 0 Å². The Kier molecular flexibility index (Phi) is 4.82. The largest absolute Gasteiger partial charge is 0.310 e. The highest BCUT2D eigenvalue weighted by Gasteiger charge is 2.30. The molecule has 1 N–H and O–H groups in total. The van der Waals surface area contributed by atoms with Crippen molar-refractivity contribution >= 4 is 11.8 Å². The summed E-state index contributed by atoms with van der Waals surface area (Å²) in [5.41, 5.74) is 0.535. The van der Waals surface area contributed by atoms with Gasteiger partial charge in [-0.25, -0.2) is 0 Å². The average molecular weight is 255 g/mol. The van der Waals surface area contributed by atoms with E-state index >= 15 is 0 Å². The van der Waals surface area contributed by atoms with Gasteiger partial charge >= 0.3 is 0 Å². The van der Waals surface area contributed by atoms with Crippen LogP contribution < -0.4 is 5.32 Å². The molecule has 2 rings (SSSR count). The lowest BCUT2D eigenvalue weighted by molar-refractivity contribution is 0.239. The van der Waals surface area contributed by atoms with Gasteiger partial charge in [0.2, 0.25) is 0 Å². The second-order valence-corrected chi connectivity index (χ2v) is 7.96. The Morgan fingerprint density at radius 3 is 2.53 bits per heavy atom. The molecule has 1 unspecified atom stereocenters. The summed E-state index contributed by atoms with van der Waals surface area (Å²) in [7, 11) is 0. The maximum absolute atomic E-state index is 3.92. The molecule has 0 bridgehead atoms. The van der Waals surface area contributed by atoms with Crippen molar-refractivity contribution in [3.8, 4) is 0 Å². The highest BCUT2D eigenvalue weighted by Crippen LogP contribution is 2.34. The van der Waals surface area contributed by atoms with E-state index in [-0.39, 0.29) is 0 Å². The number of hydrogen-bond donors (Lipinski definition) is 1. The summed E-state index contributed by atoms with van der Waals surface area (Å²) in [6, 6.07) is 1.48. The van der Waals surface area contributed by atoms with Gasteiger partial charge in [0.25, 0.3) is 0 Å². The molecule has 0 aromatic rings. The molecule has 100 valence electrons. The molecule has 0 amide bonds. The van der Waals surface area contributed by atoms with Gasteiger partial charge in [0.1, 0.15) is 0 Å². The lowest BCUT2D eigenvalue weighted by Gasteiger charge is -2.38. The van der Waals surface area contributed by atoms with E-state index in [1.54, 1.807) is 0 Å². The van der Waals surface area contributed by atoms with E-state index in [1.165, 1.54) is 50.0 Å². The third-order valence-electron chi connectivity index (χ3n) is 4.47. The first-order valence-corrected chi connectivity index (χ1v) is 8.56. The van der Waals surface area contributed by atoms with Crippen molar-refractivity contribution in [2.24, 2.45) is 11.3 Å². The van der Waals surface area contributed by atoms with Crippen LogP contribution in [0.15, 0.2) is 0 Å². The third kappa shape index (κ3) is 4.17. The second kappa shape index (κ2) is 5.97. The number of hydrogen-bond acceptors (Lipinski definition) is 2. The van der Waals surface area contributed by atoms with Crippen molar-refractivity contribution in [3.05, 3.63) is 0 Å². The van der Waals surface area contributed by atoms with Crippen molar-refractivity contribution in [1.82, 2.24) is 5.32 Å². The second-order valence-electron chi connectivity index (χ2n) is 6.93. The fraction of sp³-hybridized carbons (Fsp3) is 1.00. The number of nitrogens with one attached hydrogen (secondary N) is 1. The van der Waals surface area contributed by atoms with Crippen LogP contribution in [0.5, 0.6) is 0 Å². The topological polar surface area (TPSA) is 12.0 Å². The lowest BCUT2D eigenvalue weighted by Crippen LogP contribution is -2.47. The standard InChI is InChI=1S/C15H29NS/c1-12(13-7-5-4-6-8-13)16-14-9-15(2,3)11-17-10-14/h12-14,16H,4-11H2,1-3H3/t12-,14?/m1/s1. The zero-order chi connectivity index (χ0) is 12.3. The fourth-order valence-electron chi connectivity index (χ4n) is 3.51. The van der Waals surface area contributed by atoms with E-state index in [0.29, 0.717) is 5.41 Å². The molecule has 2 fully saturated rings. The van der Waals surface area contributed by atoms with Gasteiger partial charge in [0, 0.05) is 17.8 Å². The van der Waals surface area contributed by atoms with Crippen LogP contribution >= 0.6 is 11.8 Å². The van der Waals surface area contributed by atoms with Gasteiger partial charge in [0.15, 0.2) is 0 Å². The Labute approximate surface area is 112 Å². The maximum Gasteiger partial charge on any atom is 0.0166 e. The zero-order valence-electron chi connectivity index (χ0n) is 11.8. The molecule has 1 saturated heterocycles. The molecule has 2 heteroatoms. The van der Waals surface area contributed by atoms with Gasteiger partial charge in [-0.2, -0.15) is 11.8 Å². The molecular weight excluding hydrogens is 226 g/mol. The molecule has 2 atom stereocenters. The normalized spacial score (nSPS) is 32.3. The number of thioether (sulfide) groups is 1. The Balaban J connectivity index is 1.79. The zero-order valence-corrected chi connectivity index (χ0v) is 12.6. The van der Waals surface area contributed by atoms with Crippen molar-refractivity contribution in [3.63, 3.8) is 0 Å². The van der Waals surface area contributed by atoms with E-state index < -0.39 is 0 Å². The fourth-order valence-corrected chi connectivity index (χ4v) is 4.80. The molecule has 1 saturated carbocycles. The Hall–Kier alpha value is 0.310. The van der Waals surface area contributed by atoms with Crippen LogP contribution in [0.4, 0.5) is 0 Å². The first kappa shape index (κ1) is 13.7. The minimum Gasteiger partial charge on any atom is -0.310 e. The first-order chi connectivity index (χ1) is 8.07. The van der Waals surface area contributed by atoms with E-state index in [4.69, 9.17) is 0 Å². The van der Waals surface area contributed by atoms with Gasteiger partial charge in [-0.3, -0.25) is 0 Å². The van der Waals surface area contributed by atoms with Crippen molar-refractivity contribution in [1.29, 1.82) is 0 Å². The highest BCUT2D eigenvalue weighted by atomic mass is 32.2. The monoisotopic (exact) mass is 255 g/mol. The molecule has 1 aliphatic carbocycles. The van der Waals surface area contributed by atoms with Gasteiger partial charge in [-0.1, -0.05) is 33.1 Å². The smallest absolute Gasteiger partial charge is 0.0166 e. The Morgan fingerprint density at radius 1 is 1.18 bits per heavy atom. The third-order valence-corrected chi connectivity index (χ3v) is 6.09. The molecule has 0 aromatic heterocycles. The quantitative estimate of drug-likeness (QED) is 0.815. The Morgan fingerprint density at radius 2 is 1.88 bits per heavy atom. The maximum atomic E-state index is 3.92. The summed E-state index contributed by atoms with van der Waals surface area (Å²) >= 11 is 2.14. The molecule has 1 nitrogen and oxygen atoms in total. The predicted octanol–water partition coefficient (Wildman–Crippen LogP) is 4.08. The van der Waals surface area contributed by atoms with Gasteiger partial charge in [-0.05, 0) is 43.3 Å². The van der Waals surface area contributed by atoms with Crippen LogP contribution in [-0.4, -0.2) is 23.6 Å². The molecular formula is C15H29NS. The van der Waals surface area contributed by atoms with Crippen molar-refractivity contribution in [2.75, 3.05) is 11.5 Å². The molecule has 0 spiro atoms. The average Bonchev–Trinajstić information content (AvgIpc) is 2.29. The summed E-state index contributed by atoms with van der Waals surface area (Å²) in [6.07, 6.45) is 8.66. The van der Waals surface area contributed by atoms with Crippen molar-refractivity contribution in [2.45, 2.75) is 71.4 Å². The van der Waals surface area contributed by atoms with E-state index in [2.05, 4.69) is 37.8 Å². The summed E-state index contributed by atoms with van der Waals surface area (Å²) in [5.74, 6) is 3.60. The summed E-state index contributed by atoms with van der Waals surface area (Å²) in [6.45, 7) is 7.25. The lowest BCUT2D eigenvalue weighted by atomic mass is 9.83. The summed E-state index contributed by atoms with van der Waals surface area (Å²) in [5, 5.41) is 3.92. The van der Waals surface area contributed by atoms with Crippen LogP contribution in [0.3, 0.4) is 0 Å². The minimum atomic E-state index is 0.535. The van der Waals surface area contributed by atoms with Crippen LogP contribution in [-0.2, 0) is 0 Å². The molecule has 17 heavy (non-hydrogen) atoms. The molecule has 0 radical (unpaired) electrons. The molecule has 1 aliphatic heterocycles. The molecule has 2 aliphatic rings. The molecule has 1 heterocycles. The summed E-state index contributed by atoms with van der Waals surface area (Å²) < 4.78 is 0. The summed E-state index contributed by atoms with van der Waals surface area (Å²) in [4.78, 5) is 0. The Bertz CT molecular complexity index is 233. The van der Waals surface area contributed by atoms with E-state index in [9.17, 15) is 0 Å². The SMILES string of the molecule is C[C@@H](NC1CSCC(C)(C)C1)C1CCCCC1. The van der Waals surface area contributed by atoms with E-state index in [0.717, 1.165) is 18.0 Å². The predicted molar refractivity (Wildman–Crippen MR) is 78.7 cm³/mol. The van der Waals surface area contributed by atoms with Gasteiger partial charge in [-0.15, -0.1) is 0 Å². The van der Waals surface area contributed by atoms with E-state index in [1.807, 2.05) is 0 Å². The van der Waals surface area contributed by atoms with Gasteiger partial charge < -0.3 is 5.32 Å². The van der Waals surface area contributed by atoms with Crippen LogP contribution in [0, 0.1) is 11.3 Å². The number of rotatable bonds is 3. The molecule has 0 aromatic carbocycles. The highest BCUT2D eigenvalue weighted by molar-refractivity contribution is 7.99. The van der Waals surface area contributed by atoms with Crippen molar-refractivity contribution < 1.29 is 0 Å². The van der Waals surface area contributed by atoms with Crippen LogP contribution in [0.1, 0.15) is 59.3 Å². The van der Waals surface area contributed by atoms with Crippen LogP contribution in [0.2, 0.25) is 0 Å². The minimum absolute atomic E-state index is 0.535. The first-order valence-electron chi connectivity index (χ1n) is 7.41.